The van der Waals surface area contributed by atoms with Crippen LogP contribution < -0.4 is 0 Å². The van der Waals surface area contributed by atoms with E-state index in [0.29, 0.717) is 6.42 Å². The minimum Gasteiger partial charge on any atom is -0.385 e. The van der Waals surface area contributed by atoms with Crippen molar-refractivity contribution in [1.29, 1.82) is 0 Å². The first-order valence-corrected chi connectivity index (χ1v) is 5.38. The molecule has 1 rings (SSSR count). The molecule has 0 radical (unpaired) electrons. The van der Waals surface area contributed by atoms with Crippen molar-refractivity contribution >= 4 is 21.7 Å². The van der Waals surface area contributed by atoms with Gasteiger partial charge in [-0.05, 0) is 18.1 Å². The molecular formula is C11H13BrO2. The van der Waals surface area contributed by atoms with E-state index in [-0.39, 0.29) is 12.2 Å². The van der Waals surface area contributed by atoms with Gasteiger partial charge in [-0.2, -0.15) is 0 Å². The minimum absolute atomic E-state index is 0.126. The molecule has 0 aliphatic heterocycles. The summed E-state index contributed by atoms with van der Waals surface area (Å²) in [5, 5.41) is 9.31. The summed E-state index contributed by atoms with van der Waals surface area (Å²) in [6, 6.07) is 7.55. The van der Waals surface area contributed by atoms with Crippen molar-refractivity contribution in [2.24, 2.45) is 0 Å². The topological polar surface area (TPSA) is 37.3 Å². The summed E-state index contributed by atoms with van der Waals surface area (Å²) in [5.41, 5.74) is 0.921. The number of hydrogen-bond donors (Lipinski definition) is 1. The Morgan fingerprint density at radius 3 is 2.71 bits per heavy atom. The van der Waals surface area contributed by atoms with E-state index in [1.807, 2.05) is 24.3 Å². The molecule has 0 amide bonds. The summed E-state index contributed by atoms with van der Waals surface area (Å²) < 4.78 is 0.914. The molecule has 0 bridgehead atoms. The van der Waals surface area contributed by atoms with E-state index in [1.54, 1.807) is 6.92 Å². The van der Waals surface area contributed by atoms with Crippen LogP contribution in [0.5, 0.6) is 0 Å². The van der Waals surface area contributed by atoms with Crippen LogP contribution in [0.3, 0.4) is 0 Å². The molecule has 0 aliphatic rings. The van der Waals surface area contributed by atoms with Gasteiger partial charge < -0.3 is 5.11 Å². The zero-order valence-corrected chi connectivity index (χ0v) is 9.62. The van der Waals surface area contributed by atoms with E-state index >= 15 is 0 Å². The number of hydrogen-bond acceptors (Lipinski definition) is 2. The van der Waals surface area contributed by atoms with Gasteiger partial charge in [-0.15, -0.1) is 0 Å². The number of carbonyl (C=O) groups is 1. The number of carbonyl (C=O) groups excluding carboxylic acids is 1. The van der Waals surface area contributed by atoms with Crippen LogP contribution in [0, 0.1) is 0 Å². The average molecular weight is 257 g/mol. The van der Waals surface area contributed by atoms with Gasteiger partial charge >= 0.3 is 0 Å². The number of ketones is 1. The van der Waals surface area contributed by atoms with E-state index in [0.717, 1.165) is 10.0 Å². The Hall–Kier alpha value is -0.670. The van der Waals surface area contributed by atoms with Gasteiger partial charge in [0.25, 0.3) is 0 Å². The third kappa shape index (κ3) is 2.93. The van der Waals surface area contributed by atoms with Crippen LogP contribution in [0.2, 0.25) is 0 Å². The SMILES string of the molecule is CCC(O)C(=O)Cc1ccccc1Br. The fourth-order valence-electron chi connectivity index (χ4n) is 1.17. The van der Waals surface area contributed by atoms with Crippen molar-refractivity contribution < 1.29 is 9.90 Å². The largest absolute Gasteiger partial charge is 0.385 e. The van der Waals surface area contributed by atoms with Gasteiger partial charge in [-0.25, -0.2) is 0 Å². The highest BCUT2D eigenvalue weighted by Gasteiger charge is 2.13. The summed E-state index contributed by atoms with van der Waals surface area (Å²) in [6.07, 6.45) is -0.0678. The molecule has 0 aliphatic carbocycles. The lowest BCUT2D eigenvalue weighted by atomic mass is 10.0. The van der Waals surface area contributed by atoms with Crippen LogP contribution >= 0.6 is 15.9 Å². The van der Waals surface area contributed by atoms with Crippen LogP contribution in [-0.4, -0.2) is 17.0 Å². The second-order valence-corrected chi connectivity index (χ2v) is 4.01. The predicted molar refractivity (Wildman–Crippen MR) is 59.2 cm³/mol. The first-order valence-electron chi connectivity index (χ1n) is 4.59. The summed E-state index contributed by atoms with van der Waals surface area (Å²) in [4.78, 5) is 11.4. The molecule has 0 fully saturated rings. The van der Waals surface area contributed by atoms with Crippen molar-refractivity contribution in [2.45, 2.75) is 25.9 Å². The molecule has 1 aromatic carbocycles. The lowest BCUT2D eigenvalue weighted by Gasteiger charge is -2.07. The molecule has 1 N–H and O–H groups in total. The molecule has 1 unspecified atom stereocenters. The molecule has 76 valence electrons. The van der Waals surface area contributed by atoms with Crippen LogP contribution in [0.4, 0.5) is 0 Å². The molecule has 1 atom stereocenters. The fourth-order valence-corrected chi connectivity index (χ4v) is 1.60. The van der Waals surface area contributed by atoms with E-state index in [9.17, 15) is 9.90 Å². The normalized spacial score (nSPS) is 12.5. The molecule has 1 aromatic rings. The average Bonchev–Trinajstić information content (AvgIpc) is 2.20. The van der Waals surface area contributed by atoms with Crippen molar-refractivity contribution in [1.82, 2.24) is 0 Å². The molecule has 3 heteroatoms. The van der Waals surface area contributed by atoms with Gasteiger partial charge in [0.15, 0.2) is 5.78 Å². The van der Waals surface area contributed by atoms with E-state index in [4.69, 9.17) is 0 Å². The van der Waals surface area contributed by atoms with Gasteiger partial charge in [-0.3, -0.25) is 4.79 Å². The van der Waals surface area contributed by atoms with Gasteiger partial charge in [-0.1, -0.05) is 41.1 Å². The molecule has 0 saturated heterocycles. The zero-order valence-electron chi connectivity index (χ0n) is 8.03. The Labute approximate surface area is 92.1 Å². The lowest BCUT2D eigenvalue weighted by Crippen LogP contribution is -2.21. The molecule has 0 spiro atoms. The van der Waals surface area contributed by atoms with Crippen LogP contribution in [-0.2, 0) is 11.2 Å². The van der Waals surface area contributed by atoms with E-state index < -0.39 is 6.10 Å². The molecule has 14 heavy (non-hydrogen) atoms. The quantitative estimate of drug-likeness (QED) is 0.898. The second kappa shape index (κ2) is 5.27. The number of aliphatic hydroxyl groups is 1. The summed E-state index contributed by atoms with van der Waals surface area (Å²) in [7, 11) is 0. The maximum Gasteiger partial charge on any atom is 0.165 e. The van der Waals surface area contributed by atoms with Crippen LogP contribution in [0.1, 0.15) is 18.9 Å². The number of rotatable bonds is 4. The zero-order chi connectivity index (χ0) is 10.6. The Balaban J connectivity index is 2.70. The highest BCUT2D eigenvalue weighted by atomic mass is 79.9. The van der Waals surface area contributed by atoms with Crippen molar-refractivity contribution in [3.8, 4) is 0 Å². The maximum absolute atomic E-state index is 11.4. The molecule has 0 saturated carbocycles. The monoisotopic (exact) mass is 256 g/mol. The van der Waals surface area contributed by atoms with Gasteiger partial charge in [0.2, 0.25) is 0 Å². The van der Waals surface area contributed by atoms with Crippen LogP contribution in [0.15, 0.2) is 28.7 Å². The molecule has 2 nitrogen and oxygen atoms in total. The standard InChI is InChI=1S/C11H13BrO2/c1-2-10(13)11(14)7-8-5-3-4-6-9(8)12/h3-6,10,13H,2,7H2,1H3. The minimum atomic E-state index is -0.831. The summed E-state index contributed by atoms with van der Waals surface area (Å²) in [5.74, 6) is -0.126. The van der Waals surface area contributed by atoms with Crippen LogP contribution in [0.25, 0.3) is 0 Å². The maximum atomic E-state index is 11.4. The van der Waals surface area contributed by atoms with Crippen molar-refractivity contribution in [3.63, 3.8) is 0 Å². The Morgan fingerprint density at radius 2 is 2.14 bits per heavy atom. The predicted octanol–water partition coefficient (Wildman–Crippen LogP) is 2.33. The number of Topliss-reactive ketones (excluding diaryl/α,β-unsaturated/α-hetero) is 1. The van der Waals surface area contributed by atoms with Gasteiger partial charge in [0.05, 0.1) is 0 Å². The summed E-state index contributed by atoms with van der Waals surface area (Å²) in [6.45, 7) is 1.79. The summed E-state index contributed by atoms with van der Waals surface area (Å²) >= 11 is 3.36. The Kier molecular flexibility index (Phi) is 4.29. The van der Waals surface area contributed by atoms with E-state index in [1.165, 1.54) is 0 Å². The van der Waals surface area contributed by atoms with E-state index in [2.05, 4.69) is 15.9 Å². The number of aliphatic hydroxyl groups excluding tert-OH is 1. The molecule has 0 aromatic heterocycles. The first-order chi connectivity index (χ1) is 6.65. The highest BCUT2D eigenvalue weighted by molar-refractivity contribution is 9.10. The molecule has 0 heterocycles. The third-order valence-electron chi connectivity index (χ3n) is 2.08. The van der Waals surface area contributed by atoms with Crippen molar-refractivity contribution in [2.75, 3.05) is 0 Å². The lowest BCUT2D eigenvalue weighted by molar-refractivity contribution is -0.126. The molecular weight excluding hydrogens is 244 g/mol. The number of benzene rings is 1. The smallest absolute Gasteiger partial charge is 0.165 e. The van der Waals surface area contributed by atoms with Crippen molar-refractivity contribution in [3.05, 3.63) is 34.3 Å². The Morgan fingerprint density at radius 1 is 1.50 bits per heavy atom. The third-order valence-corrected chi connectivity index (χ3v) is 2.85. The second-order valence-electron chi connectivity index (χ2n) is 3.16. The highest BCUT2D eigenvalue weighted by Crippen LogP contribution is 2.17. The van der Waals surface area contributed by atoms with Gasteiger partial charge in [0.1, 0.15) is 6.10 Å². The first kappa shape index (κ1) is 11.4. The number of halogens is 1. The Bertz CT molecular complexity index is 323. The van der Waals surface area contributed by atoms with Gasteiger partial charge in [0, 0.05) is 10.9 Å². The fraction of sp³-hybridized carbons (Fsp3) is 0.364.